The zero-order chi connectivity index (χ0) is 17.5. The quantitative estimate of drug-likeness (QED) is 0.764. The van der Waals surface area contributed by atoms with E-state index < -0.39 is 17.7 Å². The van der Waals surface area contributed by atoms with Gasteiger partial charge in [-0.25, -0.2) is 13.8 Å². The molecule has 1 aromatic heterocycles. The SMILES string of the molecule is COCC(O)CNC(=O)CCc1ncc(-c2ccc(F)cc2F)o1. The third-order valence-corrected chi connectivity index (χ3v) is 3.21. The molecule has 6 nitrogen and oxygen atoms in total. The molecule has 2 N–H and O–H groups in total. The van der Waals surface area contributed by atoms with Gasteiger partial charge in [0.1, 0.15) is 11.6 Å². The minimum absolute atomic E-state index is 0.0876. The first-order chi connectivity index (χ1) is 11.5. The Morgan fingerprint density at radius 1 is 1.46 bits per heavy atom. The van der Waals surface area contributed by atoms with Crippen LogP contribution in [0.3, 0.4) is 0 Å². The van der Waals surface area contributed by atoms with Gasteiger partial charge in [0.25, 0.3) is 0 Å². The summed E-state index contributed by atoms with van der Waals surface area (Å²) >= 11 is 0. The van der Waals surface area contributed by atoms with Crippen LogP contribution < -0.4 is 5.32 Å². The molecule has 0 aliphatic rings. The summed E-state index contributed by atoms with van der Waals surface area (Å²) < 4.78 is 36.7. The second-order valence-electron chi connectivity index (χ2n) is 5.16. The Bertz CT molecular complexity index is 690. The van der Waals surface area contributed by atoms with Crippen LogP contribution in [0.5, 0.6) is 0 Å². The number of aliphatic hydroxyl groups excluding tert-OH is 1. The summed E-state index contributed by atoms with van der Waals surface area (Å²) in [6.45, 7) is 0.219. The van der Waals surface area contributed by atoms with Gasteiger partial charge in [-0.15, -0.1) is 0 Å². The van der Waals surface area contributed by atoms with Crippen LogP contribution in [-0.4, -0.2) is 42.4 Å². The number of carbonyl (C=O) groups excluding carboxylic acids is 1. The van der Waals surface area contributed by atoms with Crippen LogP contribution in [0.2, 0.25) is 0 Å². The number of benzene rings is 1. The highest BCUT2D eigenvalue weighted by molar-refractivity contribution is 5.76. The smallest absolute Gasteiger partial charge is 0.220 e. The van der Waals surface area contributed by atoms with Crippen LogP contribution in [-0.2, 0) is 16.0 Å². The van der Waals surface area contributed by atoms with Gasteiger partial charge in [0.2, 0.25) is 5.91 Å². The predicted molar refractivity (Wildman–Crippen MR) is 81.1 cm³/mol. The molecule has 0 saturated carbocycles. The summed E-state index contributed by atoms with van der Waals surface area (Å²) in [6, 6.07) is 3.15. The number of aromatic nitrogens is 1. The molecule has 2 rings (SSSR count). The minimum Gasteiger partial charge on any atom is -0.441 e. The number of ether oxygens (including phenoxy) is 1. The average molecular weight is 340 g/mol. The first kappa shape index (κ1) is 18.0. The van der Waals surface area contributed by atoms with Crippen LogP contribution in [0.1, 0.15) is 12.3 Å². The Kier molecular flexibility index (Phi) is 6.39. The molecule has 0 radical (unpaired) electrons. The van der Waals surface area contributed by atoms with Gasteiger partial charge < -0.3 is 19.6 Å². The van der Waals surface area contributed by atoms with Crippen molar-refractivity contribution >= 4 is 5.91 Å². The molecule has 1 heterocycles. The van der Waals surface area contributed by atoms with Crippen molar-refractivity contribution in [2.45, 2.75) is 18.9 Å². The van der Waals surface area contributed by atoms with Crippen LogP contribution in [0.25, 0.3) is 11.3 Å². The van der Waals surface area contributed by atoms with Crippen LogP contribution in [0.15, 0.2) is 28.8 Å². The first-order valence-electron chi connectivity index (χ1n) is 7.33. The van der Waals surface area contributed by atoms with Crippen molar-refractivity contribution in [2.75, 3.05) is 20.3 Å². The standard InChI is InChI=1S/C16H18F2N2O4/c1-23-9-11(21)7-19-15(22)4-5-16-20-8-14(24-16)12-3-2-10(17)6-13(12)18/h2-3,6,8,11,21H,4-5,7,9H2,1H3,(H,19,22). The lowest BCUT2D eigenvalue weighted by Gasteiger charge is -2.10. The van der Waals surface area contributed by atoms with Gasteiger partial charge in [0, 0.05) is 32.6 Å². The van der Waals surface area contributed by atoms with E-state index in [-0.39, 0.29) is 49.1 Å². The number of rotatable bonds is 8. The van der Waals surface area contributed by atoms with Crippen molar-refractivity contribution in [1.82, 2.24) is 10.3 Å². The van der Waals surface area contributed by atoms with Gasteiger partial charge in [0.15, 0.2) is 11.7 Å². The lowest BCUT2D eigenvalue weighted by atomic mass is 10.2. The number of aliphatic hydroxyl groups is 1. The number of nitrogens with zero attached hydrogens (tertiary/aromatic N) is 1. The molecule has 0 fully saturated rings. The summed E-state index contributed by atoms with van der Waals surface area (Å²) in [5, 5.41) is 12.0. The largest absolute Gasteiger partial charge is 0.441 e. The third-order valence-electron chi connectivity index (χ3n) is 3.21. The molecule has 8 heteroatoms. The van der Waals surface area contributed by atoms with Crippen LogP contribution in [0, 0.1) is 11.6 Å². The Balaban J connectivity index is 1.86. The normalized spacial score (nSPS) is 12.2. The van der Waals surface area contributed by atoms with Crippen molar-refractivity contribution in [3.05, 3.63) is 41.9 Å². The van der Waals surface area contributed by atoms with E-state index in [2.05, 4.69) is 10.3 Å². The highest BCUT2D eigenvalue weighted by atomic mass is 19.1. The van der Waals surface area contributed by atoms with Gasteiger partial charge in [-0.05, 0) is 12.1 Å². The second-order valence-corrected chi connectivity index (χ2v) is 5.16. The van der Waals surface area contributed by atoms with E-state index >= 15 is 0 Å². The molecule has 1 unspecified atom stereocenters. The zero-order valence-electron chi connectivity index (χ0n) is 13.1. The number of carbonyl (C=O) groups is 1. The summed E-state index contributed by atoms with van der Waals surface area (Å²) in [6.07, 6.45) is 0.876. The maximum absolute atomic E-state index is 13.7. The van der Waals surface area contributed by atoms with Crippen LogP contribution in [0.4, 0.5) is 8.78 Å². The van der Waals surface area contributed by atoms with E-state index in [1.165, 1.54) is 19.4 Å². The monoisotopic (exact) mass is 340 g/mol. The van der Waals surface area contributed by atoms with E-state index in [9.17, 15) is 18.7 Å². The molecule has 0 aliphatic heterocycles. The fraction of sp³-hybridized carbons (Fsp3) is 0.375. The molecule has 0 spiro atoms. The first-order valence-corrected chi connectivity index (χ1v) is 7.33. The Labute approximate surface area is 137 Å². The number of methoxy groups -OCH3 is 1. The molecule has 1 atom stereocenters. The third kappa shape index (κ3) is 5.10. The molecule has 0 bridgehead atoms. The average Bonchev–Trinajstić information content (AvgIpc) is 3.00. The lowest BCUT2D eigenvalue weighted by Crippen LogP contribution is -2.34. The van der Waals surface area contributed by atoms with Crippen LogP contribution >= 0.6 is 0 Å². The number of hydrogen-bond donors (Lipinski definition) is 2. The number of oxazole rings is 1. The maximum Gasteiger partial charge on any atom is 0.220 e. The van der Waals surface area contributed by atoms with Gasteiger partial charge in [0.05, 0.1) is 24.5 Å². The molecular formula is C16H18F2N2O4. The van der Waals surface area contributed by atoms with Crippen molar-refractivity contribution in [1.29, 1.82) is 0 Å². The molecule has 1 amide bonds. The summed E-state index contributed by atoms with van der Waals surface area (Å²) in [4.78, 5) is 15.6. The second kappa shape index (κ2) is 8.51. The van der Waals surface area contributed by atoms with E-state index in [1.807, 2.05) is 0 Å². The number of amides is 1. The summed E-state index contributed by atoms with van der Waals surface area (Å²) in [5.74, 6) is -1.27. The highest BCUT2D eigenvalue weighted by Crippen LogP contribution is 2.24. The van der Waals surface area contributed by atoms with Gasteiger partial charge in [-0.3, -0.25) is 4.79 Å². The minimum atomic E-state index is -0.770. The van der Waals surface area contributed by atoms with E-state index in [1.54, 1.807) is 0 Å². The van der Waals surface area contributed by atoms with Gasteiger partial charge in [-0.1, -0.05) is 0 Å². The Morgan fingerprint density at radius 2 is 2.25 bits per heavy atom. The molecule has 0 saturated heterocycles. The fourth-order valence-electron chi connectivity index (χ4n) is 2.03. The van der Waals surface area contributed by atoms with Crippen molar-refractivity contribution in [2.24, 2.45) is 0 Å². The molecular weight excluding hydrogens is 322 g/mol. The number of nitrogens with one attached hydrogen (secondary N) is 1. The summed E-state index contributed by atoms with van der Waals surface area (Å²) in [5.41, 5.74) is 0.0993. The topological polar surface area (TPSA) is 84.6 Å². The molecule has 0 aliphatic carbocycles. The van der Waals surface area contributed by atoms with Crippen molar-refractivity contribution in [3.8, 4) is 11.3 Å². The lowest BCUT2D eigenvalue weighted by molar-refractivity contribution is -0.121. The Morgan fingerprint density at radius 3 is 2.96 bits per heavy atom. The Hall–Kier alpha value is -2.32. The van der Waals surface area contributed by atoms with E-state index in [0.29, 0.717) is 0 Å². The summed E-state index contributed by atoms with van der Waals surface area (Å²) in [7, 11) is 1.45. The predicted octanol–water partition coefficient (Wildman–Crippen LogP) is 1.68. The molecule has 130 valence electrons. The molecule has 24 heavy (non-hydrogen) atoms. The molecule has 2 aromatic rings. The fourth-order valence-corrected chi connectivity index (χ4v) is 2.03. The zero-order valence-corrected chi connectivity index (χ0v) is 13.1. The van der Waals surface area contributed by atoms with Gasteiger partial charge >= 0.3 is 0 Å². The number of hydrogen-bond acceptors (Lipinski definition) is 5. The van der Waals surface area contributed by atoms with Crippen molar-refractivity contribution < 1.29 is 27.8 Å². The number of halogens is 2. The molecule has 1 aromatic carbocycles. The highest BCUT2D eigenvalue weighted by Gasteiger charge is 2.13. The maximum atomic E-state index is 13.7. The van der Waals surface area contributed by atoms with Gasteiger partial charge in [-0.2, -0.15) is 0 Å². The van der Waals surface area contributed by atoms with E-state index in [4.69, 9.17) is 9.15 Å². The van der Waals surface area contributed by atoms with E-state index in [0.717, 1.165) is 12.1 Å². The number of aryl methyl sites for hydroxylation is 1. The van der Waals surface area contributed by atoms with Crippen molar-refractivity contribution in [3.63, 3.8) is 0 Å².